The Labute approximate surface area is 127 Å². The Bertz CT molecular complexity index is 632. The third-order valence-electron chi connectivity index (χ3n) is 2.53. The summed E-state index contributed by atoms with van der Waals surface area (Å²) in [5, 5.41) is 21.5. The zero-order valence-electron chi connectivity index (χ0n) is 11.6. The van der Waals surface area contributed by atoms with Gasteiger partial charge in [-0.2, -0.15) is 13.2 Å². The largest absolute Gasteiger partial charge is 0.484 e. The number of alkyl halides is 3. The maximum Gasteiger partial charge on any atom is 0.422 e. The number of ether oxygens (including phenoxy) is 1. The number of carboxylic acids is 1. The summed E-state index contributed by atoms with van der Waals surface area (Å²) < 4.78 is 40.7. The van der Waals surface area contributed by atoms with E-state index in [1.54, 1.807) is 0 Å². The molecule has 23 heavy (non-hydrogen) atoms. The van der Waals surface area contributed by atoms with Gasteiger partial charge in [0.05, 0.1) is 4.92 Å². The van der Waals surface area contributed by atoms with Gasteiger partial charge in [-0.3, -0.25) is 19.7 Å². The smallest absolute Gasteiger partial charge is 0.422 e. The van der Waals surface area contributed by atoms with E-state index in [0.717, 1.165) is 25.1 Å². The van der Waals surface area contributed by atoms with Crippen molar-refractivity contribution in [3.8, 4) is 5.75 Å². The average molecular weight is 336 g/mol. The Hall–Kier alpha value is -2.85. The number of aliphatic carboxylic acids is 1. The van der Waals surface area contributed by atoms with E-state index in [0.29, 0.717) is 0 Å². The summed E-state index contributed by atoms with van der Waals surface area (Å²) in [4.78, 5) is 32.5. The van der Waals surface area contributed by atoms with Crippen LogP contribution in [0.3, 0.4) is 0 Å². The minimum atomic E-state index is -4.62. The van der Waals surface area contributed by atoms with Crippen LogP contribution < -0.4 is 10.1 Å². The van der Waals surface area contributed by atoms with E-state index >= 15 is 0 Å². The van der Waals surface area contributed by atoms with Crippen molar-refractivity contribution in [1.29, 1.82) is 0 Å². The van der Waals surface area contributed by atoms with E-state index < -0.39 is 52.6 Å². The van der Waals surface area contributed by atoms with Crippen LogP contribution in [0.1, 0.15) is 17.3 Å². The fraction of sp³-hybridized carbons (Fsp3) is 0.333. The number of benzene rings is 1. The number of halogens is 3. The Morgan fingerprint density at radius 2 is 2.04 bits per heavy atom. The molecule has 0 saturated carbocycles. The minimum absolute atomic E-state index is 0.416. The van der Waals surface area contributed by atoms with Gasteiger partial charge in [0, 0.05) is 6.07 Å². The molecule has 0 radical (unpaired) electrons. The van der Waals surface area contributed by atoms with E-state index in [4.69, 9.17) is 5.11 Å². The molecule has 1 amide bonds. The summed E-state index contributed by atoms with van der Waals surface area (Å²) >= 11 is 0. The van der Waals surface area contributed by atoms with Crippen molar-refractivity contribution in [3.05, 3.63) is 33.9 Å². The molecule has 0 saturated heterocycles. The van der Waals surface area contributed by atoms with Gasteiger partial charge in [-0.1, -0.05) is 0 Å². The standard InChI is InChI=1S/C12H11F3N2O6/c1-6(11(19)20)16-10(18)8-4-7(23-5-12(13,14)15)2-3-9(8)17(21)22/h2-4,6H,5H2,1H3,(H,16,18)(H,19,20)/t6-/m1/s1. The van der Waals surface area contributed by atoms with Crippen LogP contribution in [0, 0.1) is 10.1 Å². The number of nitro benzene ring substituents is 1. The third-order valence-corrected chi connectivity index (χ3v) is 2.53. The van der Waals surface area contributed by atoms with Crippen LogP contribution in [0.25, 0.3) is 0 Å². The number of nitrogens with zero attached hydrogens (tertiary/aromatic N) is 1. The average Bonchev–Trinajstić information content (AvgIpc) is 2.43. The molecular formula is C12H11F3N2O6. The van der Waals surface area contributed by atoms with E-state index in [1.807, 2.05) is 5.32 Å². The van der Waals surface area contributed by atoms with Gasteiger partial charge in [0.2, 0.25) is 0 Å². The van der Waals surface area contributed by atoms with Crippen LogP contribution in [-0.4, -0.2) is 40.7 Å². The predicted molar refractivity (Wildman–Crippen MR) is 69.2 cm³/mol. The Balaban J connectivity index is 3.08. The highest BCUT2D eigenvalue weighted by Gasteiger charge is 2.29. The number of carbonyl (C=O) groups excluding carboxylic acids is 1. The topological polar surface area (TPSA) is 119 Å². The lowest BCUT2D eigenvalue weighted by Gasteiger charge is -2.12. The normalized spacial score (nSPS) is 12.3. The van der Waals surface area contributed by atoms with Crippen LogP contribution in [0.5, 0.6) is 5.75 Å². The molecule has 1 atom stereocenters. The molecule has 2 N–H and O–H groups in total. The number of carboxylic acid groups (broad SMARTS) is 1. The van der Waals surface area contributed by atoms with E-state index in [-0.39, 0.29) is 0 Å². The Morgan fingerprint density at radius 1 is 1.43 bits per heavy atom. The molecule has 1 rings (SSSR count). The fourth-order valence-corrected chi connectivity index (χ4v) is 1.45. The molecule has 8 nitrogen and oxygen atoms in total. The number of rotatable bonds is 6. The summed E-state index contributed by atoms with van der Waals surface area (Å²) in [5.74, 6) is -2.92. The van der Waals surface area contributed by atoms with Gasteiger partial charge >= 0.3 is 12.1 Å². The number of nitro groups is 1. The van der Waals surface area contributed by atoms with Crippen LogP contribution in [-0.2, 0) is 4.79 Å². The van der Waals surface area contributed by atoms with E-state index in [9.17, 15) is 32.9 Å². The van der Waals surface area contributed by atoms with Gasteiger partial charge in [-0.25, -0.2) is 0 Å². The molecule has 1 aromatic rings. The van der Waals surface area contributed by atoms with Crippen LogP contribution >= 0.6 is 0 Å². The predicted octanol–water partition coefficient (Wildman–Crippen LogP) is 1.74. The SMILES string of the molecule is C[C@@H](NC(=O)c1cc(OCC(F)(F)F)ccc1[N+](=O)[O-])C(=O)O. The van der Waals surface area contributed by atoms with Gasteiger partial charge in [0.25, 0.3) is 11.6 Å². The molecule has 0 unspecified atom stereocenters. The van der Waals surface area contributed by atoms with Crippen molar-refractivity contribution in [2.45, 2.75) is 19.1 Å². The first-order chi connectivity index (χ1) is 10.5. The first kappa shape index (κ1) is 18.2. The number of hydrogen-bond acceptors (Lipinski definition) is 5. The molecule has 0 aliphatic heterocycles. The van der Waals surface area contributed by atoms with Crippen molar-refractivity contribution in [2.75, 3.05) is 6.61 Å². The molecule has 1 aromatic carbocycles. The first-order valence-corrected chi connectivity index (χ1v) is 6.03. The maximum atomic E-state index is 12.1. The second kappa shape index (κ2) is 6.94. The Kier molecular flexibility index (Phi) is 5.49. The van der Waals surface area contributed by atoms with Crippen LogP contribution in [0.2, 0.25) is 0 Å². The van der Waals surface area contributed by atoms with Crippen molar-refractivity contribution in [2.24, 2.45) is 0 Å². The maximum absolute atomic E-state index is 12.1. The molecule has 0 bridgehead atoms. The summed E-state index contributed by atoms with van der Waals surface area (Å²) in [6, 6.07) is 1.10. The highest BCUT2D eigenvalue weighted by molar-refractivity contribution is 6.00. The summed E-state index contributed by atoms with van der Waals surface area (Å²) in [5.41, 5.74) is -1.30. The van der Waals surface area contributed by atoms with Crippen molar-refractivity contribution in [3.63, 3.8) is 0 Å². The quantitative estimate of drug-likeness (QED) is 0.603. The zero-order valence-corrected chi connectivity index (χ0v) is 11.6. The molecule has 0 aliphatic rings. The van der Waals surface area contributed by atoms with Gasteiger partial charge in [0.15, 0.2) is 6.61 Å². The number of nitrogens with one attached hydrogen (secondary N) is 1. The molecule has 0 aliphatic carbocycles. The summed E-state index contributed by atoms with van der Waals surface area (Å²) in [6.07, 6.45) is -4.62. The molecular weight excluding hydrogens is 325 g/mol. The number of amides is 1. The third kappa shape index (κ3) is 5.45. The molecule has 0 fully saturated rings. The highest BCUT2D eigenvalue weighted by Crippen LogP contribution is 2.26. The molecule has 0 aromatic heterocycles. The lowest BCUT2D eigenvalue weighted by atomic mass is 10.1. The zero-order chi connectivity index (χ0) is 17.8. The number of carbonyl (C=O) groups is 2. The summed E-state index contributed by atoms with van der Waals surface area (Å²) in [7, 11) is 0. The lowest BCUT2D eigenvalue weighted by Crippen LogP contribution is -2.38. The first-order valence-electron chi connectivity index (χ1n) is 6.03. The Morgan fingerprint density at radius 3 is 2.52 bits per heavy atom. The van der Waals surface area contributed by atoms with Crippen molar-refractivity contribution < 1.29 is 37.5 Å². The van der Waals surface area contributed by atoms with Crippen molar-refractivity contribution in [1.82, 2.24) is 5.32 Å². The monoisotopic (exact) mass is 336 g/mol. The van der Waals surface area contributed by atoms with Crippen LogP contribution in [0.4, 0.5) is 18.9 Å². The molecule has 126 valence electrons. The lowest BCUT2D eigenvalue weighted by molar-refractivity contribution is -0.385. The van der Waals surface area contributed by atoms with Crippen molar-refractivity contribution >= 4 is 17.6 Å². The van der Waals surface area contributed by atoms with E-state index in [2.05, 4.69) is 4.74 Å². The van der Waals surface area contributed by atoms with Gasteiger partial charge in [-0.15, -0.1) is 0 Å². The van der Waals surface area contributed by atoms with Gasteiger partial charge < -0.3 is 15.2 Å². The molecule has 0 heterocycles. The van der Waals surface area contributed by atoms with E-state index in [1.165, 1.54) is 0 Å². The fourth-order valence-electron chi connectivity index (χ4n) is 1.45. The van der Waals surface area contributed by atoms with Crippen LogP contribution in [0.15, 0.2) is 18.2 Å². The number of hydrogen-bond donors (Lipinski definition) is 2. The highest BCUT2D eigenvalue weighted by atomic mass is 19.4. The van der Waals surface area contributed by atoms with Gasteiger partial charge in [0.1, 0.15) is 17.4 Å². The van der Waals surface area contributed by atoms with Gasteiger partial charge in [-0.05, 0) is 19.1 Å². The summed E-state index contributed by atoms with van der Waals surface area (Å²) in [6.45, 7) is -0.520. The molecule has 11 heteroatoms. The second-order valence-corrected chi connectivity index (χ2v) is 4.37. The second-order valence-electron chi connectivity index (χ2n) is 4.37. The molecule has 0 spiro atoms. The minimum Gasteiger partial charge on any atom is -0.484 e.